The molecule has 1 fully saturated rings. The highest BCUT2D eigenvalue weighted by molar-refractivity contribution is 7.21. The smallest absolute Gasteiger partial charge is 0.261 e. The normalized spacial score (nSPS) is 22.4. The maximum absolute atomic E-state index is 13.9. The number of halogens is 1. The average Bonchev–Trinajstić information content (AvgIpc) is 2.80. The summed E-state index contributed by atoms with van der Waals surface area (Å²) < 4.78 is 14.7. The summed E-state index contributed by atoms with van der Waals surface area (Å²) in [5, 5.41) is 3.71. The van der Waals surface area contributed by atoms with E-state index >= 15 is 0 Å². The van der Waals surface area contributed by atoms with Crippen molar-refractivity contribution in [1.82, 2.24) is 5.32 Å². The molecule has 112 valence electrons. The molecule has 1 aromatic heterocycles. The predicted molar refractivity (Wildman–Crippen MR) is 85.4 cm³/mol. The van der Waals surface area contributed by atoms with Crippen molar-refractivity contribution in [3.05, 3.63) is 34.5 Å². The van der Waals surface area contributed by atoms with Crippen LogP contribution in [0, 0.1) is 18.7 Å². The van der Waals surface area contributed by atoms with Crippen LogP contribution in [-0.2, 0) is 0 Å². The van der Waals surface area contributed by atoms with Crippen LogP contribution in [0.15, 0.2) is 18.2 Å². The summed E-state index contributed by atoms with van der Waals surface area (Å²) in [5.41, 5.74) is 0.759. The molecule has 1 heterocycles. The van der Waals surface area contributed by atoms with E-state index in [9.17, 15) is 9.18 Å². The van der Waals surface area contributed by atoms with Gasteiger partial charge in [0.25, 0.3) is 5.91 Å². The van der Waals surface area contributed by atoms with Gasteiger partial charge in [-0.25, -0.2) is 4.39 Å². The van der Waals surface area contributed by atoms with Gasteiger partial charge < -0.3 is 5.32 Å². The molecule has 2 nitrogen and oxygen atoms in total. The standard InChI is InChI=1S/C17H20FNOS/c1-10-6-8-12(9-7-10)19-17(20)16-11(2)15-13(18)4-3-5-14(15)21-16/h3-5,10,12H,6-9H2,1-2H3,(H,19,20). The second-order valence-electron chi connectivity index (χ2n) is 6.10. The summed E-state index contributed by atoms with van der Waals surface area (Å²) >= 11 is 1.38. The lowest BCUT2D eigenvalue weighted by Crippen LogP contribution is -2.37. The van der Waals surface area contributed by atoms with Crippen LogP contribution in [0.3, 0.4) is 0 Å². The van der Waals surface area contributed by atoms with Crippen LogP contribution in [0.2, 0.25) is 0 Å². The lowest BCUT2D eigenvalue weighted by atomic mass is 9.87. The van der Waals surface area contributed by atoms with Gasteiger partial charge in [-0.15, -0.1) is 11.3 Å². The molecule has 1 aromatic carbocycles. The fourth-order valence-corrected chi connectivity index (χ4v) is 4.25. The summed E-state index contributed by atoms with van der Waals surface area (Å²) in [7, 11) is 0. The number of aryl methyl sites for hydroxylation is 1. The average molecular weight is 305 g/mol. The Morgan fingerprint density at radius 3 is 2.67 bits per heavy atom. The van der Waals surface area contributed by atoms with Crippen molar-refractivity contribution in [1.29, 1.82) is 0 Å². The zero-order valence-corrected chi connectivity index (χ0v) is 13.2. The Hall–Kier alpha value is -1.42. The zero-order chi connectivity index (χ0) is 15.0. The van der Waals surface area contributed by atoms with Crippen LogP contribution in [0.4, 0.5) is 4.39 Å². The molecular weight excluding hydrogens is 285 g/mol. The molecule has 0 aliphatic heterocycles. The number of carbonyl (C=O) groups excluding carboxylic acids is 1. The van der Waals surface area contributed by atoms with E-state index in [1.54, 1.807) is 6.07 Å². The van der Waals surface area contributed by atoms with Gasteiger partial charge in [0, 0.05) is 16.1 Å². The third kappa shape index (κ3) is 2.82. The van der Waals surface area contributed by atoms with Gasteiger partial charge >= 0.3 is 0 Å². The summed E-state index contributed by atoms with van der Waals surface area (Å²) in [4.78, 5) is 13.1. The van der Waals surface area contributed by atoms with E-state index in [1.165, 1.54) is 30.2 Å². The Morgan fingerprint density at radius 1 is 1.29 bits per heavy atom. The maximum atomic E-state index is 13.9. The number of benzene rings is 1. The Kier molecular flexibility index (Phi) is 3.98. The van der Waals surface area contributed by atoms with Gasteiger partial charge in [0.1, 0.15) is 5.82 Å². The molecule has 4 heteroatoms. The van der Waals surface area contributed by atoms with E-state index in [-0.39, 0.29) is 17.8 Å². The molecule has 1 aliphatic carbocycles. The van der Waals surface area contributed by atoms with Crippen molar-refractivity contribution < 1.29 is 9.18 Å². The summed E-state index contributed by atoms with van der Waals surface area (Å²) in [5.74, 6) is 0.470. The van der Waals surface area contributed by atoms with Crippen molar-refractivity contribution in [2.24, 2.45) is 5.92 Å². The van der Waals surface area contributed by atoms with Crippen LogP contribution in [0.5, 0.6) is 0 Å². The highest BCUT2D eigenvalue weighted by Gasteiger charge is 2.23. The Morgan fingerprint density at radius 2 is 2.00 bits per heavy atom. The number of fused-ring (bicyclic) bond motifs is 1. The van der Waals surface area contributed by atoms with E-state index in [1.807, 2.05) is 13.0 Å². The SMILES string of the molecule is Cc1c(C(=O)NC2CCC(C)CC2)sc2cccc(F)c12. The van der Waals surface area contributed by atoms with Gasteiger partial charge in [-0.2, -0.15) is 0 Å². The lowest BCUT2D eigenvalue weighted by Gasteiger charge is -2.26. The lowest BCUT2D eigenvalue weighted by molar-refractivity contribution is 0.0926. The summed E-state index contributed by atoms with van der Waals surface area (Å²) in [6, 6.07) is 5.28. The van der Waals surface area contributed by atoms with Crippen LogP contribution in [-0.4, -0.2) is 11.9 Å². The largest absolute Gasteiger partial charge is 0.349 e. The highest BCUT2D eigenvalue weighted by atomic mass is 32.1. The molecule has 1 amide bonds. The first kappa shape index (κ1) is 14.5. The Labute approximate surface area is 128 Å². The summed E-state index contributed by atoms with van der Waals surface area (Å²) in [6.07, 6.45) is 4.44. The topological polar surface area (TPSA) is 29.1 Å². The van der Waals surface area contributed by atoms with Crippen LogP contribution in [0.1, 0.15) is 47.8 Å². The van der Waals surface area contributed by atoms with Crippen molar-refractivity contribution in [3.63, 3.8) is 0 Å². The Balaban J connectivity index is 1.82. The second-order valence-corrected chi connectivity index (χ2v) is 7.15. The molecule has 0 spiro atoms. The number of hydrogen-bond donors (Lipinski definition) is 1. The molecular formula is C17H20FNOS. The molecule has 1 N–H and O–H groups in total. The van der Waals surface area contributed by atoms with Gasteiger partial charge in [0.2, 0.25) is 0 Å². The fourth-order valence-electron chi connectivity index (χ4n) is 3.13. The van der Waals surface area contributed by atoms with Gasteiger partial charge in [-0.3, -0.25) is 4.79 Å². The number of carbonyl (C=O) groups is 1. The quantitative estimate of drug-likeness (QED) is 0.859. The monoisotopic (exact) mass is 305 g/mol. The molecule has 2 aromatic rings. The number of nitrogens with one attached hydrogen (secondary N) is 1. The molecule has 0 unspecified atom stereocenters. The predicted octanol–water partition coefficient (Wildman–Crippen LogP) is 4.66. The third-order valence-corrected chi connectivity index (χ3v) is 5.72. The molecule has 1 saturated carbocycles. The van der Waals surface area contributed by atoms with E-state index in [0.29, 0.717) is 10.3 Å². The molecule has 21 heavy (non-hydrogen) atoms. The van der Waals surface area contributed by atoms with Crippen molar-refractivity contribution >= 4 is 27.3 Å². The van der Waals surface area contributed by atoms with Gasteiger partial charge in [-0.05, 0) is 56.2 Å². The molecule has 3 rings (SSSR count). The molecule has 0 atom stereocenters. The number of thiophene rings is 1. The van der Waals surface area contributed by atoms with Gasteiger partial charge in [0.05, 0.1) is 4.88 Å². The Bertz CT molecular complexity index is 671. The zero-order valence-electron chi connectivity index (χ0n) is 12.4. The number of hydrogen-bond acceptors (Lipinski definition) is 2. The first-order valence-corrected chi connectivity index (χ1v) is 8.36. The van der Waals surface area contributed by atoms with E-state index in [4.69, 9.17) is 0 Å². The van der Waals surface area contributed by atoms with Crippen molar-refractivity contribution in [2.45, 2.75) is 45.6 Å². The van der Waals surface area contributed by atoms with Crippen LogP contribution < -0.4 is 5.32 Å². The first-order chi connectivity index (χ1) is 10.1. The van der Waals surface area contributed by atoms with Crippen LogP contribution >= 0.6 is 11.3 Å². The molecule has 0 radical (unpaired) electrons. The van der Waals surface area contributed by atoms with Gasteiger partial charge in [0.15, 0.2) is 0 Å². The molecule has 0 bridgehead atoms. The molecule has 0 saturated heterocycles. The molecule has 1 aliphatic rings. The maximum Gasteiger partial charge on any atom is 0.261 e. The summed E-state index contributed by atoms with van der Waals surface area (Å²) in [6.45, 7) is 4.09. The van der Waals surface area contributed by atoms with Crippen molar-refractivity contribution in [2.75, 3.05) is 0 Å². The fraction of sp³-hybridized carbons (Fsp3) is 0.471. The minimum atomic E-state index is -0.244. The van der Waals surface area contributed by atoms with E-state index < -0.39 is 0 Å². The van der Waals surface area contributed by atoms with Crippen molar-refractivity contribution in [3.8, 4) is 0 Å². The third-order valence-electron chi connectivity index (χ3n) is 4.46. The second kappa shape index (κ2) is 5.76. The van der Waals surface area contributed by atoms with E-state index in [2.05, 4.69) is 12.2 Å². The highest BCUT2D eigenvalue weighted by Crippen LogP contribution is 2.33. The number of rotatable bonds is 2. The van der Waals surface area contributed by atoms with Crippen LogP contribution in [0.25, 0.3) is 10.1 Å². The minimum Gasteiger partial charge on any atom is -0.349 e. The number of amides is 1. The van der Waals surface area contributed by atoms with E-state index in [0.717, 1.165) is 29.0 Å². The minimum absolute atomic E-state index is 0.0485. The van der Waals surface area contributed by atoms with Gasteiger partial charge in [-0.1, -0.05) is 13.0 Å². The first-order valence-electron chi connectivity index (χ1n) is 7.54.